The molecule has 0 fully saturated rings. The van der Waals surface area contributed by atoms with E-state index in [2.05, 4.69) is 0 Å². The smallest absolute Gasteiger partial charge is 0.185 e. The molecule has 0 unspecified atom stereocenters. The Morgan fingerprint density at radius 3 is 2.21 bits per heavy atom. The van der Waals surface area contributed by atoms with E-state index >= 15 is 0 Å². The molecule has 0 N–H and O–H groups in total. The SMILES string of the molecule is CCCCSc1c(F)c(C#N)c(C#N)c(F)c1OC. The van der Waals surface area contributed by atoms with Gasteiger partial charge in [-0.15, -0.1) is 11.8 Å². The molecule has 0 bridgehead atoms. The van der Waals surface area contributed by atoms with E-state index in [0.29, 0.717) is 5.75 Å². The van der Waals surface area contributed by atoms with Gasteiger partial charge in [-0.05, 0) is 12.2 Å². The largest absolute Gasteiger partial charge is 0.492 e. The van der Waals surface area contributed by atoms with Crippen molar-refractivity contribution in [2.45, 2.75) is 24.7 Å². The molecular formula is C13H12F2N2OS. The molecule has 0 aliphatic rings. The first-order valence-corrected chi connectivity index (χ1v) is 6.62. The van der Waals surface area contributed by atoms with E-state index < -0.39 is 22.8 Å². The minimum absolute atomic E-state index is 0.0519. The van der Waals surface area contributed by atoms with Crippen molar-refractivity contribution in [1.29, 1.82) is 10.5 Å². The molecule has 0 spiro atoms. The minimum Gasteiger partial charge on any atom is -0.492 e. The summed E-state index contributed by atoms with van der Waals surface area (Å²) in [5, 5.41) is 17.7. The van der Waals surface area contributed by atoms with Gasteiger partial charge in [-0.3, -0.25) is 0 Å². The van der Waals surface area contributed by atoms with E-state index in [1.807, 2.05) is 6.92 Å². The first-order chi connectivity index (χ1) is 9.12. The maximum atomic E-state index is 14.1. The van der Waals surface area contributed by atoms with E-state index in [9.17, 15) is 8.78 Å². The molecule has 19 heavy (non-hydrogen) atoms. The first kappa shape index (κ1) is 15.3. The third kappa shape index (κ3) is 2.97. The van der Waals surface area contributed by atoms with Gasteiger partial charge < -0.3 is 4.74 Å². The summed E-state index contributed by atoms with van der Waals surface area (Å²) in [4.78, 5) is -0.0519. The van der Waals surface area contributed by atoms with Gasteiger partial charge in [-0.2, -0.15) is 10.5 Å². The summed E-state index contributed by atoms with van der Waals surface area (Å²) in [5.41, 5.74) is -1.18. The highest BCUT2D eigenvalue weighted by Gasteiger charge is 2.25. The van der Waals surface area contributed by atoms with E-state index in [-0.39, 0.29) is 10.6 Å². The molecule has 0 aliphatic carbocycles. The van der Waals surface area contributed by atoms with Gasteiger partial charge in [0.15, 0.2) is 17.4 Å². The molecule has 0 saturated heterocycles. The lowest BCUT2D eigenvalue weighted by Gasteiger charge is -2.12. The number of benzene rings is 1. The molecule has 100 valence electrons. The minimum atomic E-state index is -0.984. The van der Waals surface area contributed by atoms with Gasteiger partial charge in [-0.25, -0.2) is 8.78 Å². The van der Waals surface area contributed by atoms with Gasteiger partial charge >= 0.3 is 0 Å². The van der Waals surface area contributed by atoms with Crippen molar-refractivity contribution in [3.8, 4) is 17.9 Å². The van der Waals surface area contributed by atoms with Crippen molar-refractivity contribution in [2.24, 2.45) is 0 Å². The van der Waals surface area contributed by atoms with E-state index in [1.165, 1.54) is 19.2 Å². The van der Waals surface area contributed by atoms with Crippen LogP contribution < -0.4 is 4.74 Å². The highest BCUT2D eigenvalue weighted by atomic mass is 32.2. The Balaban J connectivity index is 3.42. The Labute approximate surface area is 114 Å². The molecule has 0 radical (unpaired) electrons. The van der Waals surface area contributed by atoms with Crippen LogP contribution in [0.2, 0.25) is 0 Å². The number of nitrogens with zero attached hydrogens (tertiary/aromatic N) is 2. The van der Waals surface area contributed by atoms with E-state index in [0.717, 1.165) is 24.6 Å². The quantitative estimate of drug-likeness (QED) is 0.611. The number of hydrogen-bond donors (Lipinski definition) is 0. The van der Waals surface area contributed by atoms with E-state index in [4.69, 9.17) is 15.3 Å². The third-order valence-electron chi connectivity index (χ3n) is 2.47. The second kappa shape index (κ2) is 6.96. The number of nitriles is 2. The fourth-order valence-electron chi connectivity index (χ4n) is 1.49. The third-order valence-corrected chi connectivity index (χ3v) is 3.61. The monoisotopic (exact) mass is 282 g/mol. The average molecular weight is 282 g/mol. The second-order valence-corrected chi connectivity index (χ2v) is 4.77. The number of thioether (sulfide) groups is 1. The Morgan fingerprint density at radius 2 is 1.74 bits per heavy atom. The summed E-state index contributed by atoms with van der Waals surface area (Å²) in [5.74, 6) is -1.60. The Morgan fingerprint density at radius 1 is 1.16 bits per heavy atom. The molecular weight excluding hydrogens is 270 g/mol. The van der Waals surface area contributed by atoms with Gasteiger partial charge in [0.2, 0.25) is 0 Å². The van der Waals surface area contributed by atoms with Crippen LogP contribution in [0.3, 0.4) is 0 Å². The zero-order valence-electron chi connectivity index (χ0n) is 10.6. The second-order valence-electron chi connectivity index (χ2n) is 3.67. The van der Waals surface area contributed by atoms with Crippen molar-refractivity contribution in [2.75, 3.05) is 12.9 Å². The fourth-order valence-corrected chi connectivity index (χ4v) is 2.66. The predicted molar refractivity (Wildman–Crippen MR) is 68.0 cm³/mol. The fraction of sp³-hybridized carbons (Fsp3) is 0.385. The lowest BCUT2D eigenvalue weighted by molar-refractivity contribution is 0.368. The molecule has 0 saturated carbocycles. The number of ether oxygens (including phenoxy) is 1. The van der Waals surface area contributed by atoms with Crippen LogP contribution in [-0.4, -0.2) is 12.9 Å². The Bertz CT molecular complexity index is 558. The summed E-state index contributed by atoms with van der Waals surface area (Å²) in [6.45, 7) is 1.98. The van der Waals surface area contributed by atoms with Crippen molar-refractivity contribution in [3.63, 3.8) is 0 Å². The standard InChI is InChI=1S/C13H12F2N2OS/c1-3-4-5-19-13-11(15)9(7-17)8(6-16)10(14)12(13)18-2/h3-5H2,1-2H3. The highest BCUT2D eigenvalue weighted by Crippen LogP contribution is 2.38. The van der Waals surface area contributed by atoms with E-state index in [1.54, 1.807) is 0 Å². The summed E-state index contributed by atoms with van der Waals surface area (Å²) >= 11 is 1.09. The summed E-state index contributed by atoms with van der Waals surface area (Å²) in [7, 11) is 1.20. The number of unbranched alkanes of at least 4 members (excludes halogenated alkanes) is 1. The van der Waals surface area contributed by atoms with Crippen LogP contribution in [0.4, 0.5) is 8.78 Å². The number of methoxy groups -OCH3 is 1. The van der Waals surface area contributed by atoms with Gasteiger partial charge in [0, 0.05) is 0 Å². The van der Waals surface area contributed by atoms with Crippen LogP contribution in [0, 0.1) is 34.3 Å². The lowest BCUT2D eigenvalue weighted by Crippen LogP contribution is -2.03. The maximum absolute atomic E-state index is 14.1. The zero-order valence-corrected chi connectivity index (χ0v) is 11.4. The van der Waals surface area contributed by atoms with Gasteiger partial charge in [0.1, 0.15) is 23.3 Å². The lowest BCUT2D eigenvalue weighted by atomic mass is 10.1. The number of rotatable bonds is 5. The molecule has 3 nitrogen and oxygen atoms in total. The molecule has 6 heteroatoms. The molecule has 1 rings (SSSR count). The maximum Gasteiger partial charge on any atom is 0.185 e. The highest BCUT2D eigenvalue weighted by molar-refractivity contribution is 7.99. The summed E-state index contributed by atoms with van der Waals surface area (Å²) < 4.78 is 33.0. The van der Waals surface area contributed by atoms with Crippen molar-refractivity contribution < 1.29 is 13.5 Å². The van der Waals surface area contributed by atoms with Gasteiger partial charge in [0.05, 0.1) is 12.0 Å². The Hall–Kier alpha value is -1.79. The molecule has 1 aromatic rings. The predicted octanol–water partition coefficient (Wildman–Crippen LogP) is 3.61. The number of hydrogen-bond acceptors (Lipinski definition) is 4. The number of halogens is 2. The normalized spacial score (nSPS) is 9.79. The summed E-state index contributed by atoms with van der Waals surface area (Å²) in [6.07, 6.45) is 1.75. The molecule has 0 aromatic heterocycles. The van der Waals surface area contributed by atoms with Crippen LogP contribution in [0.15, 0.2) is 4.90 Å². The molecule has 1 aromatic carbocycles. The first-order valence-electron chi connectivity index (χ1n) is 5.64. The average Bonchev–Trinajstić information content (AvgIpc) is 2.42. The molecule has 0 atom stereocenters. The van der Waals surface area contributed by atoms with Crippen molar-refractivity contribution in [3.05, 3.63) is 22.8 Å². The van der Waals surface area contributed by atoms with Crippen molar-refractivity contribution >= 4 is 11.8 Å². The molecule has 0 aliphatic heterocycles. The van der Waals surface area contributed by atoms with Crippen LogP contribution in [-0.2, 0) is 0 Å². The zero-order chi connectivity index (χ0) is 14.4. The summed E-state index contributed by atoms with van der Waals surface area (Å²) in [6, 6.07) is 3.03. The van der Waals surface area contributed by atoms with Crippen LogP contribution in [0.25, 0.3) is 0 Å². The van der Waals surface area contributed by atoms with Gasteiger partial charge in [0.25, 0.3) is 0 Å². The van der Waals surface area contributed by atoms with Gasteiger partial charge in [-0.1, -0.05) is 13.3 Å². The molecule has 0 heterocycles. The van der Waals surface area contributed by atoms with Crippen LogP contribution in [0.5, 0.6) is 5.75 Å². The molecule has 0 amide bonds. The van der Waals surface area contributed by atoms with Crippen LogP contribution in [0.1, 0.15) is 30.9 Å². The Kier molecular flexibility index (Phi) is 5.59. The van der Waals surface area contributed by atoms with Crippen molar-refractivity contribution in [1.82, 2.24) is 0 Å². The van der Waals surface area contributed by atoms with Crippen LogP contribution >= 0.6 is 11.8 Å². The topological polar surface area (TPSA) is 56.8 Å².